The summed E-state index contributed by atoms with van der Waals surface area (Å²) < 4.78 is 5.72. The Hall–Kier alpha value is -1.46. The van der Waals surface area contributed by atoms with Gasteiger partial charge in [-0.2, -0.15) is 0 Å². The monoisotopic (exact) mass is 323 g/mol. The van der Waals surface area contributed by atoms with Gasteiger partial charge in [-0.15, -0.1) is 0 Å². The summed E-state index contributed by atoms with van der Waals surface area (Å²) >= 11 is 6.03. The molecule has 0 radical (unpaired) electrons. The van der Waals surface area contributed by atoms with Crippen molar-refractivity contribution >= 4 is 23.3 Å². The van der Waals surface area contributed by atoms with Gasteiger partial charge in [0.1, 0.15) is 12.4 Å². The van der Waals surface area contributed by atoms with Crippen LogP contribution in [0.25, 0.3) is 0 Å². The number of urea groups is 1. The largest absolute Gasteiger partial charge is 0.489 e. The Labute approximate surface area is 136 Å². The molecule has 1 atom stereocenters. The number of nitrogens with zero attached hydrogens (tertiary/aromatic N) is 2. The number of fused-ring (bicyclic) bond motifs is 1. The fourth-order valence-corrected chi connectivity index (χ4v) is 3.15. The van der Waals surface area contributed by atoms with E-state index >= 15 is 0 Å². The van der Waals surface area contributed by atoms with Gasteiger partial charge < -0.3 is 15.0 Å². The van der Waals surface area contributed by atoms with Crippen molar-refractivity contribution in [2.24, 2.45) is 0 Å². The number of carbonyl (C=O) groups excluding carboxylic acids is 1. The van der Waals surface area contributed by atoms with Gasteiger partial charge in [-0.05, 0) is 45.0 Å². The molecule has 2 amide bonds. The third kappa shape index (κ3) is 3.15. The average Bonchev–Trinajstić information content (AvgIpc) is 2.46. The summed E-state index contributed by atoms with van der Waals surface area (Å²) in [5, 5.41) is 3.99. The Kier molecular flexibility index (Phi) is 4.74. The van der Waals surface area contributed by atoms with Crippen molar-refractivity contribution in [3.8, 4) is 5.75 Å². The lowest BCUT2D eigenvalue weighted by molar-refractivity contribution is 0.189. The van der Waals surface area contributed by atoms with E-state index in [9.17, 15) is 4.79 Å². The van der Waals surface area contributed by atoms with Gasteiger partial charge in [-0.25, -0.2) is 4.79 Å². The molecule has 1 saturated heterocycles. The SMILES string of the molecule is CC1COc2cc(Cl)ccc2N1C(=O)N1CCCNCCC1. The quantitative estimate of drug-likeness (QED) is 0.798. The number of nitrogens with one attached hydrogen (secondary N) is 1. The zero-order valence-electron chi connectivity index (χ0n) is 12.8. The first-order valence-electron chi connectivity index (χ1n) is 7.88. The third-order valence-corrected chi connectivity index (χ3v) is 4.38. The van der Waals surface area contributed by atoms with Gasteiger partial charge in [0.15, 0.2) is 0 Å². The fourth-order valence-electron chi connectivity index (χ4n) is 2.99. The molecule has 2 aliphatic rings. The molecule has 2 aliphatic heterocycles. The predicted octanol–water partition coefficient (Wildman–Crippen LogP) is 2.73. The summed E-state index contributed by atoms with van der Waals surface area (Å²) in [6.45, 7) is 6.02. The second-order valence-electron chi connectivity index (χ2n) is 5.87. The highest BCUT2D eigenvalue weighted by Gasteiger charge is 2.32. The Morgan fingerprint density at radius 3 is 2.77 bits per heavy atom. The van der Waals surface area contributed by atoms with Crippen LogP contribution in [0.4, 0.5) is 10.5 Å². The van der Waals surface area contributed by atoms with Gasteiger partial charge in [0.25, 0.3) is 0 Å². The van der Waals surface area contributed by atoms with E-state index in [4.69, 9.17) is 16.3 Å². The van der Waals surface area contributed by atoms with E-state index in [0.717, 1.165) is 44.7 Å². The highest BCUT2D eigenvalue weighted by atomic mass is 35.5. The van der Waals surface area contributed by atoms with E-state index in [1.807, 2.05) is 22.8 Å². The smallest absolute Gasteiger partial charge is 0.324 e. The van der Waals surface area contributed by atoms with Crippen LogP contribution in [-0.4, -0.2) is 49.8 Å². The Balaban J connectivity index is 1.84. The highest BCUT2D eigenvalue weighted by molar-refractivity contribution is 6.30. The normalized spacial score (nSPS) is 22.4. The van der Waals surface area contributed by atoms with Crippen molar-refractivity contribution in [1.29, 1.82) is 0 Å². The zero-order valence-corrected chi connectivity index (χ0v) is 13.6. The van der Waals surface area contributed by atoms with Crippen LogP contribution in [0.15, 0.2) is 18.2 Å². The molecule has 0 aromatic heterocycles. The molecule has 0 saturated carbocycles. The van der Waals surface area contributed by atoms with Gasteiger partial charge in [-0.3, -0.25) is 4.90 Å². The van der Waals surface area contributed by atoms with Gasteiger partial charge in [0.05, 0.1) is 11.7 Å². The number of ether oxygens (including phenoxy) is 1. The standard InChI is InChI=1S/C16H22ClN3O2/c1-12-11-22-15-10-13(17)4-5-14(15)20(12)16(21)19-8-2-6-18-7-3-9-19/h4-5,10,12,18H,2-3,6-9,11H2,1H3. The van der Waals surface area contributed by atoms with Gasteiger partial charge in [0, 0.05) is 24.2 Å². The molecule has 1 fully saturated rings. The minimum absolute atomic E-state index is 0.0183. The number of carbonyl (C=O) groups is 1. The molecule has 3 rings (SSSR count). The molecule has 1 unspecified atom stereocenters. The maximum Gasteiger partial charge on any atom is 0.324 e. The van der Waals surface area contributed by atoms with Crippen LogP contribution < -0.4 is 15.0 Å². The third-order valence-electron chi connectivity index (χ3n) is 4.14. The van der Waals surface area contributed by atoms with Crippen molar-refractivity contribution in [2.45, 2.75) is 25.8 Å². The molecule has 2 heterocycles. The summed E-state index contributed by atoms with van der Waals surface area (Å²) in [6, 6.07) is 5.54. The molecule has 0 aliphatic carbocycles. The Morgan fingerprint density at radius 2 is 2.05 bits per heavy atom. The van der Waals surface area contributed by atoms with Crippen molar-refractivity contribution in [1.82, 2.24) is 10.2 Å². The van der Waals surface area contributed by atoms with Crippen LogP contribution in [0, 0.1) is 0 Å². The lowest BCUT2D eigenvalue weighted by Gasteiger charge is -2.39. The van der Waals surface area contributed by atoms with Crippen LogP contribution in [-0.2, 0) is 0 Å². The molecular formula is C16H22ClN3O2. The first-order chi connectivity index (χ1) is 10.7. The van der Waals surface area contributed by atoms with E-state index < -0.39 is 0 Å². The minimum Gasteiger partial charge on any atom is -0.489 e. The Bertz CT molecular complexity index is 544. The molecular weight excluding hydrogens is 302 g/mol. The zero-order chi connectivity index (χ0) is 15.5. The Morgan fingerprint density at radius 1 is 1.32 bits per heavy atom. The molecule has 1 N–H and O–H groups in total. The average molecular weight is 324 g/mol. The van der Waals surface area contributed by atoms with Crippen molar-refractivity contribution in [3.63, 3.8) is 0 Å². The summed E-state index contributed by atoms with van der Waals surface area (Å²) in [4.78, 5) is 16.8. The van der Waals surface area contributed by atoms with Crippen LogP contribution in [0.2, 0.25) is 5.02 Å². The predicted molar refractivity (Wildman–Crippen MR) is 88.0 cm³/mol. The summed E-state index contributed by atoms with van der Waals surface area (Å²) in [5.74, 6) is 0.688. The number of rotatable bonds is 0. The van der Waals surface area contributed by atoms with Gasteiger partial charge in [-0.1, -0.05) is 11.6 Å². The molecule has 1 aromatic rings. The number of anilines is 1. The number of hydrogen-bond acceptors (Lipinski definition) is 3. The van der Waals surface area contributed by atoms with E-state index in [1.165, 1.54) is 0 Å². The lowest BCUT2D eigenvalue weighted by Crippen LogP contribution is -2.52. The fraction of sp³-hybridized carbons (Fsp3) is 0.562. The molecule has 1 aromatic carbocycles. The maximum absolute atomic E-state index is 13.0. The van der Waals surface area contributed by atoms with E-state index in [0.29, 0.717) is 17.4 Å². The molecule has 5 nitrogen and oxygen atoms in total. The second kappa shape index (κ2) is 6.75. The molecule has 0 bridgehead atoms. The van der Waals surface area contributed by atoms with Gasteiger partial charge >= 0.3 is 6.03 Å². The summed E-state index contributed by atoms with van der Waals surface area (Å²) in [7, 11) is 0. The lowest BCUT2D eigenvalue weighted by atomic mass is 10.1. The first kappa shape index (κ1) is 15.4. The minimum atomic E-state index is 0.0183. The van der Waals surface area contributed by atoms with Crippen LogP contribution in [0.1, 0.15) is 19.8 Å². The summed E-state index contributed by atoms with van der Waals surface area (Å²) in [5.41, 5.74) is 0.813. The number of benzene rings is 1. The number of hydrogen-bond donors (Lipinski definition) is 1. The van der Waals surface area contributed by atoms with Gasteiger partial charge in [0.2, 0.25) is 0 Å². The summed E-state index contributed by atoms with van der Waals surface area (Å²) in [6.07, 6.45) is 1.97. The van der Waals surface area contributed by atoms with E-state index in [1.54, 1.807) is 12.1 Å². The first-order valence-corrected chi connectivity index (χ1v) is 8.26. The number of amides is 2. The highest BCUT2D eigenvalue weighted by Crippen LogP contribution is 2.36. The van der Waals surface area contributed by atoms with Crippen LogP contribution >= 0.6 is 11.6 Å². The second-order valence-corrected chi connectivity index (χ2v) is 6.31. The van der Waals surface area contributed by atoms with Crippen molar-refractivity contribution in [3.05, 3.63) is 23.2 Å². The molecule has 6 heteroatoms. The van der Waals surface area contributed by atoms with Crippen molar-refractivity contribution < 1.29 is 9.53 Å². The molecule has 22 heavy (non-hydrogen) atoms. The van der Waals surface area contributed by atoms with Crippen molar-refractivity contribution in [2.75, 3.05) is 37.7 Å². The topological polar surface area (TPSA) is 44.8 Å². The van der Waals surface area contributed by atoms with E-state index in [2.05, 4.69) is 5.32 Å². The maximum atomic E-state index is 13.0. The molecule has 120 valence electrons. The molecule has 0 spiro atoms. The van der Waals surface area contributed by atoms with E-state index in [-0.39, 0.29) is 12.1 Å². The van der Waals surface area contributed by atoms with Crippen LogP contribution in [0.5, 0.6) is 5.75 Å². The number of halogens is 1. The van der Waals surface area contributed by atoms with Crippen LogP contribution in [0.3, 0.4) is 0 Å².